The molecular weight excluding hydrogens is 278 g/mol. The molecule has 0 unspecified atom stereocenters. The largest absolute Gasteiger partial charge is 0.360 e. The fourth-order valence-electron chi connectivity index (χ4n) is 1.71. The number of nitrogens with zero attached hydrogens (tertiary/aromatic N) is 3. The third kappa shape index (κ3) is 3.66. The molecule has 1 heterocycles. The average Bonchev–Trinajstić information content (AvgIpc) is 3.08. The van der Waals surface area contributed by atoms with Gasteiger partial charge in [0.1, 0.15) is 16.2 Å². The van der Waals surface area contributed by atoms with Gasteiger partial charge in [-0.3, -0.25) is 0 Å². The van der Waals surface area contributed by atoms with Gasteiger partial charge in [0.2, 0.25) is 0 Å². The fraction of sp³-hybridized carbons (Fsp3) is 0.692. The molecule has 0 saturated heterocycles. The van der Waals surface area contributed by atoms with Gasteiger partial charge in [0.25, 0.3) is 0 Å². The van der Waals surface area contributed by atoms with Crippen molar-refractivity contribution >= 4 is 21.7 Å². The van der Waals surface area contributed by atoms with E-state index in [1.807, 2.05) is 6.07 Å². The Hall–Kier alpha value is -0.640. The van der Waals surface area contributed by atoms with Gasteiger partial charge in [-0.2, -0.15) is 0 Å². The lowest BCUT2D eigenvalue weighted by atomic mass is 10.1. The minimum atomic E-state index is 0.602. The first kappa shape index (κ1) is 12.8. The number of hydrogen-bond donors (Lipinski definition) is 0. The van der Waals surface area contributed by atoms with Crippen molar-refractivity contribution in [3.05, 3.63) is 16.5 Å². The van der Waals surface area contributed by atoms with Crippen LogP contribution in [0.15, 0.2) is 10.7 Å². The van der Waals surface area contributed by atoms with Crippen LogP contribution in [0.2, 0.25) is 0 Å². The number of hydrogen-bond acceptors (Lipinski definition) is 3. The highest BCUT2D eigenvalue weighted by Crippen LogP contribution is 2.39. The van der Waals surface area contributed by atoms with Gasteiger partial charge in [0, 0.05) is 25.6 Å². The lowest BCUT2D eigenvalue weighted by Gasteiger charge is -2.20. The zero-order valence-electron chi connectivity index (χ0n) is 10.8. The van der Waals surface area contributed by atoms with Crippen LogP contribution in [0.4, 0.5) is 5.82 Å². The summed E-state index contributed by atoms with van der Waals surface area (Å²) in [7, 11) is 2.10. The fourth-order valence-corrected chi connectivity index (χ4v) is 2.10. The molecule has 0 atom stereocenters. The van der Waals surface area contributed by atoms with Gasteiger partial charge in [-0.25, -0.2) is 9.97 Å². The second kappa shape index (κ2) is 5.34. The Bertz CT molecular complexity index is 388. The predicted molar refractivity (Wildman–Crippen MR) is 74.4 cm³/mol. The first-order valence-electron chi connectivity index (χ1n) is 6.32. The van der Waals surface area contributed by atoms with E-state index in [9.17, 15) is 0 Å². The zero-order valence-corrected chi connectivity index (χ0v) is 12.4. The van der Waals surface area contributed by atoms with Gasteiger partial charge >= 0.3 is 0 Å². The average molecular weight is 298 g/mol. The normalized spacial score (nSPS) is 15.4. The van der Waals surface area contributed by atoms with E-state index in [4.69, 9.17) is 0 Å². The third-order valence-corrected chi connectivity index (χ3v) is 3.48. The number of anilines is 1. The van der Waals surface area contributed by atoms with E-state index in [0.717, 1.165) is 28.7 Å². The predicted octanol–water partition coefficient (Wildman–Crippen LogP) is 3.60. The molecule has 1 saturated carbocycles. The summed E-state index contributed by atoms with van der Waals surface area (Å²) in [6, 6.07) is 2.01. The maximum atomic E-state index is 4.66. The van der Waals surface area contributed by atoms with E-state index in [1.54, 1.807) is 0 Å². The Morgan fingerprint density at radius 3 is 2.71 bits per heavy atom. The molecule has 3 nitrogen and oxygen atoms in total. The third-order valence-electron chi connectivity index (χ3n) is 3.07. The van der Waals surface area contributed by atoms with Crippen molar-refractivity contribution < 1.29 is 0 Å². The minimum absolute atomic E-state index is 0.602. The van der Waals surface area contributed by atoms with Gasteiger partial charge in [0.05, 0.1) is 0 Å². The Morgan fingerprint density at radius 1 is 1.41 bits per heavy atom. The van der Waals surface area contributed by atoms with Crippen LogP contribution in [0.5, 0.6) is 0 Å². The van der Waals surface area contributed by atoms with Crippen LogP contribution >= 0.6 is 15.9 Å². The molecule has 17 heavy (non-hydrogen) atoms. The van der Waals surface area contributed by atoms with Crippen molar-refractivity contribution in [1.29, 1.82) is 0 Å². The molecule has 1 aromatic heterocycles. The Labute approximate surface area is 112 Å². The molecule has 1 aromatic rings. The van der Waals surface area contributed by atoms with E-state index in [-0.39, 0.29) is 0 Å². The van der Waals surface area contributed by atoms with Crippen LogP contribution < -0.4 is 4.90 Å². The maximum absolute atomic E-state index is 4.66. The number of halogens is 1. The molecular formula is C13H20BrN3. The van der Waals surface area contributed by atoms with Crippen LogP contribution in [-0.4, -0.2) is 23.6 Å². The van der Waals surface area contributed by atoms with Crippen LogP contribution in [0.1, 0.15) is 44.9 Å². The van der Waals surface area contributed by atoms with Gasteiger partial charge in [0.15, 0.2) is 0 Å². The second-order valence-electron chi connectivity index (χ2n) is 5.29. The maximum Gasteiger partial charge on any atom is 0.135 e. The molecule has 4 heteroatoms. The van der Waals surface area contributed by atoms with E-state index in [0.29, 0.717) is 5.92 Å². The first-order valence-corrected chi connectivity index (χ1v) is 7.11. The van der Waals surface area contributed by atoms with Crippen molar-refractivity contribution in [2.45, 2.75) is 39.0 Å². The van der Waals surface area contributed by atoms with Crippen molar-refractivity contribution in [2.75, 3.05) is 18.5 Å². The molecule has 0 aliphatic heterocycles. The molecule has 0 spiro atoms. The molecule has 1 aliphatic carbocycles. The second-order valence-corrected chi connectivity index (χ2v) is 6.10. The summed E-state index contributed by atoms with van der Waals surface area (Å²) in [5.74, 6) is 3.37. The molecule has 0 bridgehead atoms. The van der Waals surface area contributed by atoms with E-state index in [2.05, 4.69) is 51.7 Å². The SMILES string of the molecule is CC(C)CCN(C)c1cc(Br)nc(C2CC2)n1. The van der Waals surface area contributed by atoms with Crippen LogP contribution in [0.3, 0.4) is 0 Å². The van der Waals surface area contributed by atoms with E-state index >= 15 is 0 Å². The summed E-state index contributed by atoms with van der Waals surface area (Å²) < 4.78 is 0.904. The van der Waals surface area contributed by atoms with Gasteiger partial charge in [-0.15, -0.1) is 0 Å². The molecule has 2 rings (SSSR count). The van der Waals surface area contributed by atoms with Crippen LogP contribution in [0.25, 0.3) is 0 Å². The highest BCUT2D eigenvalue weighted by molar-refractivity contribution is 9.10. The lowest BCUT2D eigenvalue weighted by molar-refractivity contribution is 0.583. The van der Waals surface area contributed by atoms with Crippen LogP contribution in [-0.2, 0) is 0 Å². The van der Waals surface area contributed by atoms with E-state index in [1.165, 1.54) is 19.3 Å². The quantitative estimate of drug-likeness (QED) is 0.778. The molecule has 0 N–H and O–H groups in total. The standard InChI is InChI=1S/C13H20BrN3/c1-9(2)6-7-17(3)12-8-11(14)15-13(16-12)10-4-5-10/h8-10H,4-7H2,1-3H3. The highest BCUT2D eigenvalue weighted by atomic mass is 79.9. The summed E-state index contributed by atoms with van der Waals surface area (Å²) in [5, 5.41) is 0. The van der Waals surface area contributed by atoms with E-state index < -0.39 is 0 Å². The molecule has 0 aromatic carbocycles. The smallest absolute Gasteiger partial charge is 0.135 e. The Morgan fingerprint density at radius 2 is 2.12 bits per heavy atom. The summed E-state index contributed by atoms with van der Waals surface area (Å²) >= 11 is 3.48. The minimum Gasteiger partial charge on any atom is -0.360 e. The highest BCUT2D eigenvalue weighted by Gasteiger charge is 2.27. The number of aromatic nitrogens is 2. The zero-order chi connectivity index (χ0) is 12.4. The van der Waals surface area contributed by atoms with Crippen molar-refractivity contribution in [3.8, 4) is 0 Å². The first-order chi connectivity index (χ1) is 8.06. The molecule has 1 aliphatic rings. The molecule has 0 amide bonds. The van der Waals surface area contributed by atoms with Gasteiger partial charge in [-0.1, -0.05) is 13.8 Å². The lowest BCUT2D eigenvalue weighted by Crippen LogP contribution is -2.21. The van der Waals surface area contributed by atoms with Crippen molar-refractivity contribution in [3.63, 3.8) is 0 Å². The Kier molecular flexibility index (Phi) is 4.02. The molecule has 1 fully saturated rings. The number of rotatable bonds is 5. The molecule has 0 radical (unpaired) electrons. The van der Waals surface area contributed by atoms with Crippen LogP contribution in [0, 0.1) is 5.92 Å². The van der Waals surface area contributed by atoms with Gasteiger partial charge in [-0.05, 0) is 41.1 Å². The topological polar surface area (TPSA) is 29.0 Å². The Balaban J connectivity index is 2.08. The summed E-state index contributed by atoms with van der Waals surface area (Å²) in [5.41, 5.74) is 0. The summed E-state index contributed by atoms with van der Waals surface area (Å²) in [4.78, 5) is 11.3. The molecule has 94 valence electrons. The monoisotopic (exact) mass is 297 g/mol. The van der Waals surface area contributed by atoms with Crippen molar-refractivity contribution in [2.24, 2.45) is 5.92 Å². The summed E-state index contributed by atoms with van der Waals surface area (Å²) in [6.45, 7) is 5.55. The van der Waals surface area contributed by atoms with Gasteiger partial charge < -0.3 is 4.90 Å². The summed E-state index contributed by atoms with van der Waals surface area (Å²) in [6.07, 6.45) is 3.67. The van der Waals surface area contributed by atoms with Crippen molar-refractivity contribution in [1.82, 2.24) is 9.97 Å².